The first kappa shape index (κ1) is 15.3. The third-order valence-electron chi connectivity index (χ3n) is 2.91. The van der Waals surface area contributed by atoms with Crippen LogP contribution in [0.4, 0.5) is 13.2 Å². The normalized spacial score (nSPS) is 13.0. The van der Waals surface area contributed by atoms with Crippen LogP contribution < -0.4 is 4.74 Å². The molecule has 0 aliphatic heterocycles. The summed E-state index contributed by atoms with van der Waals surface area (Å²) in [6.45, 7) is 2.28. The minimum Gasteiger partial charge on any atom is -0.492 e. The van der Waals surface area contributed by atoms with Crippen molar-refractivity contribution >= 4 is 0 Å². The molecule has 1 atom stereocenters. The molecule has 1 heterocycles. The standard InChI is InChI=1S/C15H14F3NO2/c1-2-21-13-7-11(8-19-9-13)14(20)10-3-5-12(6-4-10)15(16,17)18/h3-9,14,20H,2H2,1H3. The molecule has 1 aromatic carbocycles. The molecule has 0 amide bonds. The summed E-state index contributed by atoms with van der Waals surface area (Å²) < 4.78 is 42.8. The minimum atomic E-state index is -4.39. The van der Waals surface area contributed by atoms with E-state index < -0.39 is 17.8 Å². The van der Waals surface area contributed by atoms with Crippen LogP contribution in [-0.2, 0) is 6.18 Å². The fraction of sp³-hybridized carbons (Fsp3) is 0.267. The maximum absolute atomic E-state index is 12.5. The van der Waals surface area contributed by atoms with Gasteiger partial charge in [-0.15, -0.1) is 0 Å². The van der Waals surface area contributed by atoms with E-state index in [0.29, 0.717) is 23.5 Å². The van der Waals surface area contributed by atoms with Gasteiger partial charge in [0, 0.05) is 11.8 Å². The van der Waals surface area contributed by atoms with E-state index in [1.807, 2.05) is 6.92 Å². The number of aromatic nitrogens is 1. The van der Waals surface area contributed by atoms with Crippen molar-refractivity contribution in [1.82, 2.24) is 4.98 Å². The third-order valence-corrected chi connectivity index (χ3v) is 2.91. The van der Waals surface area contributed by atoms with Gasteiger partial charge in [0.1, 0.15) is 11.9 Å². The molecule has 0 spiro atoms. The van der Waals surface area contributed by atoms with Gasteiger partial charge in [-0.25, -0.2) is 0 Å². The molecule has 0 radical (unpaired) electrons. The van der Waals surface area contributed by atoms with Gasteiger partial charge < -0.3 is 9.84 Å². The van der Waals surface area contributed by atoms with Gasteiger partial charge in [-0.05, 0) is 30.7 Å². The minimum absolute atomic E-state index is 0.360. The highest BCUT2D eigenvalue weighted by atomic mass is 19.4. The molecule has 1 aromatic heterocycles. The molecule has 1 N–H and O–H groups in total. The molecule has 1 unspecified atom stereocenters. The summed E-state index contributed by atoms with van der Waals surface area (Å²) in [5.74, 6) is 0.501. The Morgan fingerprint density at radius 3 is 2.38 bits per heavy atom. The molecule has 21 heavy (non-hydrogen) atoms. The predicted octanol–water partition coefficient (Wildman–Crippen LogP) is 3.58. The second-order valence-corrected chi connectivity index (χ2v) is 4.41. The number of rotatable bonds is 4. The van der Waals surface area contributed by atoms with E-state index in [2.05, 4.69) is 4.98 Å². The number of nitrogens with zero attached hydrogens (tertiary/aromatic N) is 1. The molecule has 0 bridgehead atoms. The number of aliphatic hydroxyl groups is 1. The number of halogens is 3. The Balaban J connectivity index is 2.23. The zero-order valence-electron chi connectivity index (χ0n) is 11.3. The summed E-state index contributed by atoms with van der Waals surface area (Å²) in [5, 5.41) is 10.2. The summed E-state index contributed by atoms with van der Waals surface area (Å²) in [6.07, 6.45) is -2.49. The zero-order valence-corrected chi connectivity index (χ0v) is 11.3. The molecule has 2 aromatic rings. The Labute approximate surface area is 120 Å². The van der Waals surface area contributed by atoms with Crippen LogP contribution in [-0.4, -0.2) is 16.7 Å². The van der Waals surface area contributed by atoms with Crippen molar-refractivity contribution in [3.8, 4) is 5.75 Å². The van der Waals surface area contributed by atoms with Crippen molar-refractivity contribution in [2.75, 3.05) is 6.61 Å². The Hall–Kier alpha value is -2.08. The van der Waals surface area contributed by atoms with Crippen LogP contribution in [0.1, 0.15) is 29.7 Å². The SMILES string of the molecule is CCOc1cncc(C(O)c2ccc(C(F)(F)F)cc2)c1. The molecule has 0 aliphatic rings. The number of alkyl halides is 3. The first-order chi connectivity index (χ1) is 9.91. The smallest absolute Gasteiger partial charge is 0.416 e. The summed E-state index contributed by atoms with van der Waals surface area (Å²) >= 11 is 0. The van der Waals surface area contributed by atoms with Crippen molar-refractivity contribution in [2.45, 2.75) is 19.2 Å². The molecular weight excluding hydrogens is 283 g/mol. The zero-order chi connectivity index (χ0) is 15.5. The molecule has 2 rings (SSSR count). The molecule has 0 saturated heterocycles. The van der Waals surface area contributed by atoms with Crippen LogP contribution >= 0.6 is 0 Å². The Morgan fingerprint density at radius 1 is 1.14 bits per heavy atom. The first-order valence-electron chi connectivity index (χ1n) is 6.34. The molecule has 112 valence electrons. The Morgan fingerprint density at radius 2 is 1.81 bits per heavy atom. The number of hydrogen-bond acceptors (Lipinski definition) is 3. The molecule has 0 saturated carbocycles. The fourth-order valence-electron chi connectivity index (χ4n) is 1.88. The van der Waals surface area contributed by atoms with Crippen LogP contribution in [0.15, 0.2) is 42.7 Å². The van der Waals surface area contributed by atoms with Crippen LogP contribution in [0, 0.1) is 0 Å². The Bertz CT molecular complexity index is 597. The van der Waals surface area contributed by atoms with E-state index in [1.165, 1.54) is 24.5 Å². The van der Waals surface area contributed by atoms with Gasteiger partial charge in [-0.3, -0.25) is 4.98 Å². The highest BCUT2D eigenvalue weighted by Crippen LogP contribution is 2.31. The van der Waals surface area contributed by atoms with Crippen LogP contribution in [0.25, 0.3) is 0 Å². The van der Waals surface area contributed by atoms with Crippen molar-refractivity contribution in [3.63, 3.8) is 0 Å². The highest BCUT2D eigenvalue weighted by Gasteiger charge is 2.30. The molecular formula is C15H14F3NO2. The molecule has 6 heteroatoms. The number of ether oxygens (including phenoxy) is 1. The van der Waals surface area contributed by atoms with E-state index in [4.69, 9.17) is 4.74 Å². The lowest BCUT2D eigenvalue weighted by molar-refractivity contribution is -0.137. The van der Waals surface area contributed by atoms with E-state index in [-0.39, 0.29) is 0 Å². The summed E-state index contributed by atoms with van der Waals surface area (Å²) in [6, 6.07) is 6.00. The van der Waals surface area contributed by atoms with Crippen molar-refractivity contribution in [2.24, 2.45) is 0 Å². The number of hydrogen-bond donors (Lipinski definition) is 1. The van der Waals surface area contributed by atoms with E-state index in [1.54, 1.807) is 6.07 Å². The predicted molar refractivity (Wildman–Crippen MR) is 70.9 cm³/mol. The van der Waals surface area contributed by atoms with Gasteiger partial charge in [-0.2, -0.15) is 13.2 Å². The Kier molecular flexibility index (Phi) is 4.47. The average Bonchev–Trinajstić information content (AvgIpc) is 2.46. The largest absolute Gasteiger partial charge is 0.492 e. The molecule has 3 nitrogen and oxygen atoms in total. The number of benzene rings is 1. The van der Waals surface area contributed by atoms with Crippen LogP contribution in [0.5, 0.6) is 5.75 Å². The topological polar surface area (TPSA) is 42.4 Å². The molecule has 0 aliphatic carbocycles. The molecule has 0 fully saturated rings. The summed E-state index contributed by atoms with van der Waals surface area (Å²) in [4.78, 5) is 3.94. The van der Waals surface area contributed by atoms with Crippen molar-refractivity contribution < 1.29 is 23.0 Å². The number of pyridine rings is 1. The van der Waals surface area contributed by atoms with Gasteiger partial charge in [0.2, 0.25) is 0 Å². The van der Waals surface area contributed by atoms with Crippen LogP contribution in [0.2, 0.25) is 0 Å². The highest BCUT2D eigenvalue weighted by molar-refractivity contribution is 5.34. The van der Waals surface area contributed by atoms with Gasteiger partial charge in [0.25, 0.3) is 0 Å². The first-order valence-corrected chi connectivity index (χ1v) is 6.34. The quantitative estimate of drug-likeness (QED) is 0.938. The summed E-state index contributed by atoms with van der Waals surface area (Å²) in [7, 11) is 0. The lowest BCUT2D eigenvalue weighted by Gasteiger charge is -2.13. The second-order valence-electron chi connectivity index (χ2n) is 4.41. The van der Waals surface area contributed by atoms with E-state index >= 15 is 0 Å². The maximum Gasteiger partial charge on any atom is 0.416 e. The lowest BCUT2D eigenvalue weighted by Crippen LogP contribution is -2.06. The van der Waals surface area contributed by atoms with Gasteiger partial charge in [0.05, 0.1) is 18.4 Å². The average molecular weight is 297 g/mol. The monoisotopic (exact) mass is 297 g/mol. The van der Waals surface area contributed by atoms with Crippen LogP contribution in [0.3, 0.4) is 0 Å². The fourth-order valence-corrected chi connectivity index (χ4v) is 1.88. The van der Waals surface area contributed by atoms with Gasteiger partial charge in [0.15, 0.2) is 0 Å². The maximum atomic E-state index is 12.5. The third kappa shape index (κ3) is 3.72. The van der Waals surface area contributed by atoms with Gasteiger partial charge >= 0.3 is 6.18 Å². The lowest BCUT2D eigenvalue weighted by atomic mass is 10.0. The van der Waals surface area contributed by atoms with Crippen molar-refractivity contribution in [1.29, 1.82) is 0 Å². The van der Waals surface area contributed by atoms with E-state index in [9.17, 15) is 18.3 Å². The summed E-state index contributed by atoms with van der Waals surface area (Å²) in [5.41, 5.74) is 0.0683. The number of aliphatic hydroxyl groups excluding tert-OH is 1. The van der Waals surface area contributed by atoms with Gasteiger partial charge in [-0.1, -0.05) is 12.1 Å². The van der Waals surface area contributed by atoms with E-state index in [0.717, 1.165) is 12.1 Å². The van der Waals surface area contributed by atoms with Crippen molar-refractivity contribution in [3.05, 3.63) is 59.4 Å². The second kappa shape index (κ2) is 6.13.